The van der Waals surface area contributed by atoms with Crippen molar-refractivity contribution < 1.29 is 55.4 Å². The molecule has 0 aromatic carbocycles. The number of carboxylic acids is 2. The lowest BCUT2D eigenvalue weighted by atomic mass is 10.1. The summed E-state index contributed by atoms with van der Waals surface area (Å²) in [5.74, 6) is -3.71. The summed E-state index contributed by atoms with van der Waals surface area (Å²) in [4.78, 5) is 34.8. The van der Waals surface area contributed by atoms with Crippen LogP contribution in [0.15, 0.2) is 28.8 Å². The highest BCUT2D eigenvalue weighted by molar-refractivity contribution is 5.78. The summed E-state index contributed by atoms with van der Waals surface area (Å²) < 4.78 is 71.1. The van der Waals surface area contributed by atoms with Gasteiger partial charge >= 0.3 is 24.3 Å². The minimum Gasteiger partial charge on any atom is -0.475 e. The molecule has 1 amide bonds. The Balaban J connectivity index is 0.000000449. The second-order valence-electron chi connectivity index (χ2n) is 8.58. The summed E-state index contributed by atoms with van der Waals surface area (Å²) in [7, 11) is 4.00. The van der Waals surface area contributed by atoms with E-state index in [4.69, 9.17) is 24.2 Å². The molecule has 39 heavy (non-hydrogen) atoms. The molecule has 0 fully saturated rings. The molecular weight excluding hydrogens is 544 g/mol. The number of furan rings is 1. The zero-order chi connectivity index (χ0) is 30.0. The standard InChI is InChI=1S/C18H27N5O2.2C2HF3O2/c1-14-4-5-17(25-14)13-22-10-15(18(24)19-8-9-21(2)3)11-23-16(12-22)6-7-20-23;2*3-2(4,5)1(6)7/h4-7,15H,8-13H2,1-3H3,(H,19,24);2*(H,6,7). The van der Waals surface area contributed by atoms with Crippen molar-refractivity contribution in [3.63, 3.8) is 0 Å². The van der Waals surface area contributed by atoms with Crippen molar-refractivity contribution in [1.82, 2.24) is 24.9 Å². The molecule has 11 nitrogen and oxygen atoms in total. The van der Waals surface area contributed by atoms with E-state index in [1.54, 1.807) is 6.20 Å². The van der Waals surface area contributed by atoms with E-state index in [0.717, 1.165) is 30.3 Å². The molecule has 1 aliphatic rings. The number of halogens is 6. The monoisotopic (exact) mass is 573 g/mol. The maximum absolute atomic E-state index is 12.6. The number of nitrogens with zero attached hydrogens (tertiary/aromatic N) is 4. The van der Waals surface area contributed by atoms with Gasteiger partial charge in [-0.25, -0.2) is 9.59 Å². The fourth-order valence-electron chi connectivity index (χ4n) is 3.15. The van der Waals surface area contributed by atoms with E-state index in [2.05, 4.69) is 20.2 Å². The lowest BCUT2D eigenvalue weighted by Crippen LogP contribution is -2.41. The van der Waals surface area contributed by atoms with Crippen LogP contribution in [0.5, 0.6) is 0 Å². The molecule has 0 spiro atoms. The van der Waals surface area contributed by atoms with Crippen LogP contribution >= 0.6 is 0 Å². The Morgan fingerprint density at radius 3 is 2.08 bits per heavy atom. The molecule has 0 saturated carbocycles. The third-order valence-corrected chi connectivity index (χ3v) is 4.95. The minimum absolute atomic E-state index is 0.0887. The second-order valence-corrected chi connectivity index (χ2v) is 8.58. The van der Waals surface area contributed by atoms with E-state index in [-0.39, 0.29) is 11.8 Å². The van der Waals surface area contributed by atoms with Gasteiger partial charge in [-0.15, -0.1) is 0 Å². The molecule has 0 radical (unpaired) electrons. The van der Waals surface area contributed by atoms with Gasteiger partial charge in [0.05, 0.1) is 24.7 Å². The van der Waals surface area contributed by atoms with Crippen LogP contribution in [-0.2, 0) is 34.0 Å². The predicted molar refractivity (Wildman–Crippen MR) is 122 cm³/mol. The van der Waals surface area contributed by atoms with Crippen LogP contribution in [0.4, 0.5) is 26.3 Å². The molecule has 1 aliphatic heterocycles. The summed E-state index contributed by atoms with van der Waals surface area (Å²) >= 11 is 0. The summed E-state index contributed by atoms with van der Waals surface area (Å²) in [6.45, 7) is 6.21. The van der Waals surface area contributed by atoms with Gasteiger partial charge < -0.3 is 24.8 Å². The molecule has 17 heteroatoms. The van der Waals surface area contributed by atoms with E-state index in [0.29, 0.717) is 26.2 Å². The normalized spacial score (nSPS) is 15.7. The number of rotatable bonds is 6. The number of amides is 1. The number of hydrogen-bond acceptors (Lipinski definition) is 7. The Morgan fingerprint density at radius 2 is 1.62 bits per heavy atom. The van der Waals surface area contributed by atoms with E-state index in [1.807, 2.05) is 43.9 Å². The van der Waals surface area contributed by atoms with Crippen molar-refractivity contribution in [2.75, 3.05) is 33.7 Å². The number of fused-ring (bicyclic) bond motifs is 1. The highest BCUT2D eigenvalue weighted by Gasteiger charge is 2.38. The van der Waals surface area contributed by atoms with Crippen molar-refractivity contribution >= 4 is 17.8 Å². The SMILES string of the molecule is Cc1ccc(CN2Cc3ccnn3CC(C(=O)NCCN(C)C)C2)o1.O=C(O)C(F)(F)F.O=C(O)C(F)(F)F. The Kier molecular flexibility index (Phi) is 12.5. The molecule has 1 unspecified atom stereocenters. The average Bonchev–Trinajstić information content (AvgIpc) is 3.36. The molecule has 3 N–H and O–H groups in total. The number of nitrogens with one attached hydrogen (secondary N) is 1. The topological polar surface area (TPSA) is 141 Å². The second kappa shape index (κ2) is 14.5. The van der Waals surface area contributed by atoms with Crippen molar-refractivity contribution in [2.24, 2.45) is 5.92 Å². The molecule has 2 aromatic heterocycles. The van der Waals surface area contributed by atoms with Gasteiger partial charge in [0.15, 0.2) is 0 Å². The zero-order valence-electron chi connectivity index (χ0n) is 21.2. The first-order valence-corrected chi connectivity index (χ1v) is 11.2. The fraction of sp³-hybridized carbons (Fsp3) is 0.545. The quantitative estimate of drug-likeness (QED) is 0.444. The highest BCUT2D eigenvalue weighted by atomic mass is 19.4. The molecule has 1 atom stereocenters. The van der Waals surface area contributed by atoms with Crippen molar-refractivity contribution in [2.45, 2.75) is 38.9 Å². The summed E-state index contributed by atoms with van der Waals surface area (Å²) in [5.41, 5.74) is 1.13. The number of carbonyl (C=O) groups excluding carboxylic acids is 1. The number of carboxylic acid groups (broad SMARTS) is 2. The minimum atomic E-state index is -5.08. The van der Waals surface area contributed by atoms with Crippen LogP contribution in [0.25, 0.3) is 0 Å². The first-order chi connectivity index (χ1) is 17.9. The summed E-state index contributed by atoms with van der Waals surface area (Å²) in [6.07, 6.45) is -8.36. The first-order valence-electron chi connectivity index (χ1n) is 11.2. The molecule has 3 heterocycles. The zero-order valence-corrected chi connectivity index (χ0v) is 21.2. The van der Waals surface area contributed by atoms with E-state index >= 15 is 0 Å². The van der Waals surface area contributed by atoms with Gasteiger partial charge in [-0.05, 0) is 39.2 Å². The van der Waals surface area contributed by atoms with Crippen molar-refractivity contribution in [1.29, 1.82) is 0 Å². The van der Waals surface area contributed by atoms with Crippen LogP contribution in [-0.4, -0.2) is 93.7 Å². The van der Waals surface area contributed by atoms with Gasteiger partial charge in [-0.3, -0.25) is 14.4 Å². The predicted octanol–water partition coefficient (Wildman–Crippen LogP) is 2.36. The van der Waals surface area contributed by atoms with Crippen molar-refractivity contribution in [3.8, 4) is 0 Å². The van der Waals surface area contributed by atoms with Crippen LogP contribution in [0.3, 0.4) is 0 Å². The number of hydrogen-bond donors (Lipinski definition) is 3. The van der Waals surface area contributed by atoms with Crippen LogP contribution in [0.2, 0.25) is 0 Å². The number of aromatic nitrogens is 2. The van der Waals surface area contributed by atoms with Gasteiger partial charge in [0.2, 0.25) is 5.91 Å². The Morgan fingerprint density at radius 1 is 1.05 bits per heavy atom. The van der Waals surface area contributed by atoms with Gasteiger partial charge in [0.25, 0.3) is 0 Å². The van der Waals surface area contributed by atoms with Gasteiger partial charge in [0.1, 0.15) is 11.5 Å². The molecular formula is C22H29F6N5O6. The van der Waals surface area contributed by atoms with Gasteiger partial charge in [-0.2, -0.15) is 31.4 Å². The van der Waals surface area contributed by atoms with E-state index in [9.17, 15) is 31.1 Å². The Bertz CT molecular complexity index is 1060. The number of alkyl halides is 6. The number of aliphatic carboxylic acids is 2. The number of aryl methyl sites for hydroxylation is 1. The Labute approximate surface area is 219 Å². The molecule has 220 valence electrons. The highest BCUT2D eigenvalue weighted by Crippen LogP contribution is 2.19. The van der Waals surface area contributed by atoms with Crippen LogP contribution < -0.4 is 5.32 Å². The largest absolute Gasteiger partial charge is 0.490 e. The maximum Gasteiger partial charge on any atom is 0.490 e. The van der Waals surface area contributed by atoms with Gasteiger partial charge in [0, 0.05) is 32.4 Å². The Hall–Kier alpha value is -3.60. The fourth-order valence-corrected chi connectivity index (χ4v) is 3.15. The molecule has 3 rings (SSSR count). The van der Waals surface area contributed by atoms with Gasteiger partial charge in [-0.1, -0.05) is 0 Å². The molecule has 0 aliphatic carbocycles. The van der Waals surface area contributed by atoms with E-state index < -0.39 is 24.3 Å². The number of likely N-dealkylation sites (N-methyl/N-ethyl adjacent to an activating group) is 1. The third-order valence-electron chi connectivity index (χ3n) is 4.95. The maximum atomic E-state index is 12.6. The van der Waals surface area contributed by atoms with E-state index in [1.165, 1.54) is 0 Å². The first kappa shape index (κ1) is 33.4. The van der Waals surface area contributed by atoms with Crippen LogP contribution in [0.1, 0.15) is 17.2 Å². The summed E-state index contributed by atoms with van der Waals surface area (Å²) in [6, 6.07) is 6.00. The molecule has 2 aromatic rings. The molecule has 0 saturated heterocycles. The average molecular weight is 573 g/mol. The number of carbonyl (C=O) groups is 3. The lowest BCUT2D eigenvalue weighted by molar-refractivity contribution is -0.193. The lowest BCUT2D eigenvalue weighted by Gasteiger charge is -2.22. The van der Waals surface area contributed by atoms with Crippen LogP contribution in [0, 0.1) is 12.8 Å². The third kappa shape index (κ3) is 12.7. The van der Waals surface area contributed by atoms with Crippen molar-refractivity contribution in [3.05, 3.63) is 41.6 Å². The smallest absolute Gasteiger partial charge is 0.475 e. The molecule has 0 bridgehead atoms. The summed E-state index contributed by atoms with van der Waals surface area (Å²) in [5, 5.41) is 21.7.